The van der Waals surface area contributed by atoms with Gasteiger partial charge in [-0.25, -0.2) is 4.98 Å². The molecule has 1 aliphatic carbocycles. The number of benzene rings is 1. The number of fused-ring (bicyclic) bond motifs is 1. The van der Waals surface area contributed by atoms with Gasteiger partial charge in [-0.05, 0) is 126 Å². The van der Waals surface area contributed by atoms with Crippen LogP contribution in [0.3, 0.4) is 0 Å². The number of likely N-dealkylation sites (tertiary alicyclic amines) is 1. The number of hydrogen-bond acceptors (Lipinski definition) is 11. The lowest BCUT2D eigenvalue weighted by atomic mass is 9.93. The molecule has 2 aromatic rings. The van der Waals surface area contributed by atoms with E-state index in [2.05, 4.69) is 36.9 Å². The second-order valence-electron chi connectivity index (χ2n) is 15.5. The standard InChI is InChI=1S/C37H54N4O6S.C4H11N.CH2O/c1-24(2)33-34(44)28(29-21-27(47-5)15-17-30(29)39-33)16-14-25-20-26(23-42)41(22-25)36(46)32(43)13-11-9-7-6-8-10-12-31(38-4)35(45)40-48-37(3)18-19-37;1-4(2)3-5;1-2/h8,10,15,17,21,23-26,31-32,38,43-44H,6-7,9,11-14,16,18-20,22H2,1-5H3,(H,40,45);4H,3,5H2,1-2H3;1H2/b10-8-;;/t25?,26?,31?,32-;;/m0../s1. The number of ether oxygens (including phenoxy) is 1. The van der Waals surface area contributed by atoms with Crippen LogP contribution in [0.1, 0.15) is 116 Å². The van der Waals surface area contributed by atoms with Gasteiger partial charge in [-0.3, -0.25) is 14.3 Å². The number of methoxy groups -OCH3 is 1. The molecule has 1 aliphatic heterocycles. The second kappa shape index (κ2) is 24.2. The molecule has 0 radical (unpaired) electrons. The maximum atomic E-state index is 13.2. The summed E-state index contributed by atoms with van der Waals surface area (Å²) in [5.74, 6) is 1.26. The van der Waals surface area contributed by atoms with E-state index in [4.69, 9.17) is 20.2 Å². The van der Waals surface area contributed by atoms with Crippen molar-refractivity contribution in [1.82, 2.24) is 19.9 Å². The van der Waals surface area contributed by atoms with E-state index in [1.165, 1.54) is 16.8 Å². The number of aliphatic hydroxyl groups excluding tert-OH is 1. The first-order valence-electron chi connectivity index (χ1n) is 19.7. The molecule has 2 fully saturated rings. The number of hydrogen-bond donors (Lipinski definition) is 5. The van der Waals surface area contributed by atoms with E-state index in [9.17, 15) is 24.6 Å². The number of allylic oxidation sites excluding steroid dienone is 1. The number of unbranched alkanes of at least 4 members (excludes halogenated alkanes) is 3. The van der Waals surface area contributed by atoms with Gasteiger partial charge in [0, 0.05) is 22.2 Å². The van der Waals surface area contributed by atoms with E-state index in [1.807, 2.05) is 44.9 Å². The zero-order chi connectivity index (χ0) is 41.1. The zero-order valence-electron chi connectivity index (χ0n) is 34.1. The predicted molar refractivity (Wildman–Crippen MR) is 222 cm³/mol. The van der Waals surface area contributed by atoms with E-state index in [-0.39, 0.29) is 40.2 Å². The number of nitrogens with one attached hydrogen (secondary N) is 2. The largest absolute Gasteiger partial charge is 0.506 e. The minimum absolute atomic E-state index is 0.00279. The molecule has 12 nitrogen and oxygen atoms in total. The lowest BCUT2D eigenvalue weighted by molar-refractivity contribution is -0.143. The van der Waals surface area contributed by atoms with Crippen molar-refractivity contribution in [3.8, 4) is 11.5 Å². The number of nitrogens with zero attached hydrogens (tertiary/aromatic N) is 2. The lowest BCUT2D eigenvalue weighted by Crippen LogP contribution is -2.43. The van der Waals surface area contributed by atoms with E-state index in [0.29, 0.717) is 62.4 Å². The molecule has 0 spiro atoms. The minimum Gasteiger partial charge on any atom is -0.506 e. The highest BCUT2D eigenvalue weighted by molar-refractivity contribution is 7.99. The Bertz CT molecular complexity index is 1530. The number of aromatic nitrogens is 1. The van der Waals surface area contributed by atoms with Crippen LogP contribution in [-0.2, 0) is 25.6 Å². The van der Waals surface area contributed by atoms with Crippen LogP contribution in [0.4, 0.5) is 0 Å². The average molecular weight is 786 g/mol. The van der Waals surface area contributed by atoms with Gasteiger partial charge >= 0.3 is 0 Å². The summed E-state index contributed by atoms with van der Waals surface area (Å²) in [4.78, 5) is 51.8. The smallest absolute Gasteiger partial charge is 0.252 e. The molecule has 1 aromatic carbocycles. The number of aromatic hydroxyl groups is 1. The molecular weight excluding hydrogens is 719 g/mol. The summed E-state index contributed by atoms with van der Waals surface area (Å²) in [6.07, 6.45) is 12.2. The SMILES string of the molecule is C=O.CC(C)CN.CNC(C/C=C\CCCCC[C@H](O)C(=O)N1CC(CCc2c(O)c(C(C)C)nc3ccc(OC)cc23)CC1C=O)C(=O)NSC1(C)CC1. The monoisotopic (exact) mass is 785 g/mol. The normalized spacial score (nSPS) is 18.3. The van der Waals surface area contributed by atoms with Gasteiger partial charge in [0.25, 0.3) is 5.91 Å². The van der Waals surface area contributed by atoms with Crippen LogP contribution in [0.5, 0.6) is 11.5 Å². The third-order valence-electron chi connectivity index (χ3n) is 10.2. The number of amides is 2. The van der Waals surface area contributed by atoms with Crippen LogP contribution in [0.15, 0.2) is 30.4 Å². The van der Waals surface area contributed by atoms with Crippen molar-refractivity contribution in [2.24, 2.45) is 17.6 Å². The molecule has 2 aliphatic rings. The zero-order valence-corrected chi connectivity index (χ0v) is 35.0. The maximum absolute atomic E-state index is 13.2. The Hall–Kier alpha value is -3.52. The molecule has 1 saturated carbocycles. The minimum atomic E-state index is -1.14. The Morgan fingerprint density at radius 1 is 1.16 bits per heavy atom. The number of rotatable bonds is 20. The number of carbonyl (C=O) groups excluding carboxylic acids is 4. The summed E-state index contributed by atoms with van der Waals surface area (Å²) in [7, 11) is 3.40. The third kappa shape index (κ3) is 15.2. The summed E-state index contributed by atoms with van der Waals surface area (Å²) in [6.45, 7) is 13.6. The molecule has 6 N–H and O–H groups in total. The highest BCUT2D eigenvalue weighted by Crippen LogP contribution is 2.46. The van der Waals surface area contributed by atoms with Crippen molar-refractivity contribution < 1.29 is 34.1 Å². The highest BCUT2D eigenvalue weighted by Gasteiger charge is 2.39. The van der Waals surface area contributed by atoms with Crippen LogP contribution in [-0.4, -0.2) is 95.2 Å². The van der Waals surface area contributed by atoms with E-state index < -0.39 is 12.1 Å². The molecule has 13 heteroatoms. The van der Waals surface area contributed by atoms with Gasteiger partial charge in [0.1, 0.15) is 30.7 Å². The molecule has 2 heterocycles. The van der Waals surface area contributed by atoms with E-state index >= 15 is 0 Å². The van der Waals surface area contributed by atoms with Crippen LogP contribution >= 0.6 is 11.9 Å². The van der Waals surface area contributed by atoms with E-state index in [0.717, 1.165) is 61.4 Å². The number of pyridine rings is 1. The summed E-state index contributed by atoms with van der Waals surface area (Å²) < 4.78 is 8.60. The first-order chi connectivity index (χ1) is 26.3. The van der Waals surface area contributed by atoms with Crippen molar-refractivity contribution in [1.29, 1.82) is 0 Å². The first kappa shape index (κ1) is 47.6. The maximum Gasteiger partial charge on any atom is 0.252 e. The second-order valence-corrected chi connectivity index (χ2v) is 16.9. The van der Waals surface area contributed by atoms with Crippen molar-refractivity contribution in [3.05, 3.63) is 41.6 Å². The number of nitrogens with two attached hydrogens (primary N) is 1. The molecular formula is C42H67N5O7S. The molecule has 2 amide bonds. The first-order valence-corrected chi connectivity index (χ1v) is 20.5. The van der Waals surface area contributed by atoms with Crippen LogP contribution in [0.2, 0.25) is 0 Å². The predicted octanol–water partition coefficient (Wildman–Crippen LogP) is 6.00. The Morgan fingerprint density at radius 2 is 1.85 bits per heavy atom. The summed E-state index contributed by atoms with van der Waals surface area (Å²) in [5, 5.41) is 25.8. The Balaban J connectivity index is 0.00000138. The number of aldehydes is 1. The summed E-state index contributed by atoms with van der Waals surface area (Å²) in [5.41, 5.74) is 7.41. The Labute approximate surface area is 332 Å². The van der Waals surface area contributed by atoms with Gasteiger partial charge in [0.15, 0.2) is 0 Å². The van der Waals surface area contributed by atoms with Gasteiger partial charge in [0.2, 0.25) is 5.91 Å². The Morgan fingerprint density at radius 3 is 2.44 bits per heavy atom. The van der Waals surface area contributed by atoms with Crippen molar-refractivity contribution >= 4 is 47.7 Å². The summed E-state index contributed by atoms with van der Waals surface area (Å²) in [6, 6.07) is 4.83. The lowest BCUT2D eigenvalue weighted by Gasteiger charge is -2.23. The van der Waals surface area contributed by atoms with Crippen LogP contribution in [0, 0.1) is 11.8 Å². The van der Waals surface area contributed by atoms with Crippen LogP contribution < -0.4 is 20.5 Å². The number of likely N-dealkylation sites (N-methyl/N-ethyl adjacent to an activating group) is 1. The molecule has 0 bridgehead atoms. The van der Waals surface area contributed by atoms with Crippen molar-refractivity contribution in [2.45, 2.75) is 134 Å². The molecule has 308 valence electrons. The molecule has 1 saturated heterocycles. The van der Waals surface area contributed by atoms with Gasteiger partial charge < -0.3 is 40.5 Å². The van der Waals surface area contributed by atoms with E-state index in [1.54, 1.807) is 14.2 Å². The third-order valence-corrected chi connectivity index (χ3v) is 11.4. The van der Waals surface area contributed by atoms with Gasteiger partial charge in [-0.15, -0.1) is 0 Å². The fraction of sp³-hybridized carbons (Fsp3) is 0.643. The van der Waals surface area contributed by atoms with Crippen LogP contribution in [0.25, 0.3) is 10.9 Å². The Kier molecular flexibility index (Phi) is 20.9. The fourth-order valence-electron chi connectivity index (χ4n) is 6.32. The molecule has 4 rings (SSSR count). The fourth-order valence-corrected chi connectivity index (χ4v) is 7.11. The van der Waals surface area contributed by atoms with Gasteiger partial charge in [-0.2, -0.15) is 0 Å². The van der Waals surface area contributed by atoms with Crippen molar-refractivity contribution in [3.63, 3.8) is 0 Å². The molecule has 3 unspecified atom stereocenters. The number of aliphatic hydroxyl groups is 1. The molecule has 1 aromatic heterocycles. The quantitative estimate of drug-likeness (QED) is 0.0459. The van der Waals surface area contributed by atoms with Gasteiger partial charge in [-0.1, -0.05) is 52.7 Å². The molecule has 4 atom stereocenters. The van der Waals surface area contributed by atoms with Gasteiger partial charge in [0.05, 0.1) is 30.4 Å². The average Bonchev–Trinajstić information content (AvgIpc) is 3.78. The molecule has 55 heavy (non-hydrogen) atoms. The number of carbonyl (C=O) groups is 4. The highest BCUT2D eigenvalue weighted by atomic mass is 32.2. The number of aryl methyl sites for hydroxylation is 1. The summed E-state index contributed by atoms with van der Waals surface area (Å²) >= 11 is 1.52. The van der Waals surface area contributed by atoms with Crippen molar-refractivity contribution in [2.75, 3.05) is 27.2 Å². The topological polar surface area (TPSA) is 184 Å².